The van der Waals surface area contributed by atoms with Crippen LogP contribution in [-0.4, -0.2) is 16.9 Å². The van der Waals surface area contributed by atoms with Crippen molar-refractivity contribution in [2.45, 2.75) is 19.9 Å². The number of aryl methyl sites for hydroxylation is 3. The third kappa shape index (κ3) is 2.62. The molecule has 0 bridgehead atoms. The lowest BCUT2D eigenvalue weighted by Gasteiger charge is -2.20. The Hall–Kier alpha value is -1.85. The van der Waals surface area contributed by atoms with E-state index in [2.05, 4.69) is 23.5 Å². The molecular formula is C14H20N4O. The zero-order valence-electron chi connectivity index (χ0n) is 11.8. The fraction of sp³-hybridized carbons (Fsp3) is 0.357. The molecule has 1 heterocycles. The maximum atomic E-state index is 5.72. The van der Waals surface area contributed by atoms with Crippen LogP contribution >= 0.6 is 0 Å². The second-order valence-corrected chi connectivity index (χ2v) is 4.71. The summed E-state index contributed by atoms with van der Waals surface area (Å²) in [5.41, 5.74) is 7.01. The number of benzene rings is 1. The smallest absolute Gasteiger partial charge is 0.124 e. The molecule has 1 aromatic heterocycles. The van der Waals surface area contributed by atoms with Crippen molar-refractivity contribution in [2.24, 2.45) is 12.9 Å². The van der Waals surface area contributed by atoms with Crippen molar-refractivity contribution in [1.29, 1.82) is 0 Å². The standard InChI is InChI=1S/C14H20N4O/c1-9-7-10(2)13(12(8-9)19-4)14(16-15)11-5-6-18(3)17-11/h5-8,14,16H,15H2,1-4H3. The highest BCUT2D eigenvalue weighted by molar-refractivity contribution is 5.47. The molecule has 5 nitrogen and oxygen atoms in total. The van der Waals surface area contributed by atoms with E-state index in [1.165, 1.54) is 0 Å². The van der Waals surface area contributed by atoms with Crippen LogP contribution < -0.4 is 16.0 Å². The molecule has 1 aromatic carbocycles. The molecule has 0 amide bonds. The van der Waals surface area contributed by atoms with E-state index in [1.54, 1.807) is 11.8 Å². The van der Waals surface area contributed by atoms with Gasteiger partial charge in [-0.05, 0) is 37.1 Å². The van der Waals surface area contributed by atoms with Gasteiger partial charge < -0.3 is 4.74 Å². The molecule has 1 unspecified atom stereocenters. The van der Waals surface area contributed by atoms with Crippen LogP contribution in [0.4, 0.5) is 0 Å². The molecule has 19 heavy (non-hydrogen) atoms. The average Bonchev–Trinajstić information content (AvgIpc) is 2.78. The van der Waals surface area contributed by atoms with Gasteiger partial charge in [-0.1, -0.05) is 6.07 Å². The Kier molecular flexibility index (Phi) is 3.87. The zero-order chi connectivity index (χ0) is 14.0. The quantitative estimate of drug-likeness (QED) is 0.647. The number of hydrazine groups is 1. The van der Waals surface area contributed by atoms with E-state index in [9.17, 15) is 0 Å². The Morgan fingerprint density at radius 2 is 2.11 bits per heavy atom. The number of nitrogens with one attached hydrogen (secondary N) is 1. The van der Waals surface area contributed by atoms with Crippen LogP contribution in [0.1, 0.15) is 28.4 Å². The molecule has 0 aliphatic rings. The van der Waals surface area contributed by atoms with Crippen LogP contribution in [0.5, 0.6) is 5.75 Å². The van der Waals surface area contributed by atoms with Crippen molar-refractivity contribution >= 4 is 0 Å². The van der Waals surface area contributed by atoms with Gasteiger partial charge in [-0.2, -0.15) is 5.10 Å². The molecule has 0 fully saturated rings. The molecule has 1 atom stereocenters. The average molecular weight is 260 g/mol. The minimum Gasteiger partial charge on any atom is -0.496 e. The lowest BCUT2D eigenvalue weighted by Crippen LogP contribution is -2.30. The van der Waals surface area contributed by atoms with E-state index < -0.39 is 0 Å². The van der Waals surface area contributed by atoms with Crippen LogP contribution in [0.2, 0.25) is 0 Å². The molecule has 2 aromatic rings. The van der Waals surface area contributed by atoms with Crippen LogP contribution in [0.25, 0.3) is 0 Å². The number of hydrogen-bond acceptors (Lipinski definition) is 4. The fourth-order valence-electron chi connectivity index (χ4n) is 2.38. The second-order valence-electron chi connectivity index (χ2n) is 4.71. The van der Waals surface area contributed by atoms with E-state index >= 15 is 0 Å². The second kappa shape index (κ2) is 5.42. The SMILES string of the molecule is COc1cc(C)cc(C)c1C(NN)c1ccn(C)n1. The number of nitrogens with two attached hydrogens (primary N) is 1. The first-order chi connectivity index (χ1) is 9.06. The van der Waals surface area contributed by atoms with Crippen molar-refractivity contribution < 1.29 is 4.74 Å². The molecule has 5 heteroatoms. The van der Waals surface area contributed by atoms with Crippen LogP contribution in [0.3, 0.4) is 0 Å². The molecular weight excluding hydrogens is 240 g/mol. The summed E-state index contributed by atoms with van der Waals surface area (Å²) in [7, 11) is 3.56. The normalized spacial score (nSPS) is 12.5. The van der Waals surface area contributed by atoms with E-state index in [-0.39, 0.29) is 6.04 Å². The number of aromatic nitrogens is 2. The van der Waals surface area contributed by atoms with Crippen molar-refractivity contribution in [1.82, 2.24) is 15.2 Å². The first-order valence-electron chi connectivity index (χ1n) is 6.17. The van der Waals surface area contributed by atoms with Crippen molar-refractivity contribution in [3.05, 3.63) is 46.8 Å². The summed E-state index contributed by atoms with van der Waals surface area (Å²) >= 11 is 0. The Bertz CT molecular complexity index is 577. The Labute approximate surface area is 113 Å². The fourth-order valence-corrected chi connectivity index (χ4v) is 2.38. The summed E-state index contributed by atoms with van der Waals surface area (Å²) in [6.07, 6.45) is 1.90. The minimum absolute atomic E-state index is 0.184. The number of hydrogen-bond donors (Lipinski definition) is 2. The van der Waals surface area contributed by atoms with Crippen LogP contribution in [-0.2, 0) is 7.05 Å². The Morgan fingerprint density at radius 3 is 2.63 bits per heavy atom. The highest BCUT2D eigenvalue weighted by Crippen LogP contribution is 2.32. The number of nitrogens with zero attached hydrogens (tertiary/aromatic N) is 2. The van der Waals surface area contributed by atoms with E-state index in [0.29, 0.717) is 0 Å². The van der Waals surface area contributed by atoms with E-state index in [4.69, 9.17) is 10.6 Å². The van der Waals surface area contributed by atoms with Crippen molar-refractivity contribution in [3.63, 3.8) is 0 Å². The molecule has 0 aliphatic carbocycles. The molecule has 0 saturated carbocycles. The van der Waals surface area contributed by atoms with Gasteiger partial charge in [-0.3, -0.25) is 10.5 Å². The number of ether oxygens (including phenoxy) is 1. The Morgan fingerprint density at radius 1 is 1.37 bits per heavy atom. The van der Waals surface area contributed by atoms with Crippen LogP contribution in [0, 0.1) is 13.8 Å². The summed E-state index contributed by atoms with van der Waals surface area (Å²) in [5.74, 6) is 6.55. The highest BCUT2D eigenvalue weighted by Gasteiger charge is 2.21. The number of methoxy groups -OCH3 is 1. The highest BCUT2D eigenvalue weighted by atomic mass is 16.5. The van der Waals surface area contributed by atoms with E-state index in [0.717, 1.165) is 28.1 Å². The summed E-state index contributed by atoms with van der Waals surface area (Å²) in [4.78, 5) is 0. The van der Waals surface area contributed by atoms with Crippen molar-refractivity contribution in [2.75, 3.05) is 7.11 Å². The van der Waals surface area contributed by atoms with Gasteiger partial charge in [0.25, 0.3) is 0 Å². The predicted octanol–water partition coefficient (Wildman–Crippen LogP) is 1.60. The molecule has 0 saturated heterocycles. The third-order valence-corrected chi connectivity index (χ3v) is 3.20. The van der Waals surface area contributed by atoms with Gasteiger partial charge in [0.2, 0.25) is 0 Å². The summed E-state index contributed by atoms with van der Waals surface area (Å²) in [6.45, 7) is 4.10. The zero-order valence-corrected chi connectivity index (χ0v) is 11.8. The molecule has 102 valence electrons. The maximum absolute atomic E-state index is 5.72. The molecule has 0 aliphatic heterocycles. The lowest BCUT2D eigenvalue weighted by molar-refractivity contribution is 0.402. The first kappa shape index (κ1) is 13.6. The minimum atomic E-state index is -0.184. The summed E-state index contributed by atoms with van der Waals surface area (Å²) < 4.78 is 7.25. The number of rotatable bonds is 4. The summed E-state index contributed by atoms with van der Waals surface area (Å²) in [5, 5.41) is 4.42. The monoisotopic (exact) mass is 260 g/mol. The van der Waals surface area contributed by atoms with Gasteiger partial charge in [-0.25, -0.2) is 5.43 Å². The van der Waals surface area contributed by atoms with Crippen molar-refractivity contribution in [3.8, 4) is 5.75 Å². The van der Waals surface area contributed by atoms with Crippen LogP contribution in [0.15, 0.2) is 24.4 Å². The maximum Gasteiger partial charge on any atom is 0.124 e. The summed E-state index contributed by atoms with van der Waals surface area (Å²) in [6, 6.07) is 5.89. The first-order valence-corrected chi connectivity index (χ1v) is 6.17. The molecule has 0 radical (unpaired) electrons. The van der Waals surface area contributed by atoms with Gasteiger partial charge >= 0.3 is 0 Å². The van der Waals surface area contributed by atoms with Gasteiger partial charge in [0.15, 0.2) is 0 Å². The van der Waals surface area contributed by atoms with Gasteiger partial charge in [0.05, 0.1) is 18.8 Å². The lowest BCUT2D eigenvalue weighted by atomic mass is 9.96. The molecule has 3 N–H and O–H groups in total. The molecule has 0 spiro atoms. The van der Waals surface area contributed by atoms with Gasteiger partial charge in [-0.15, -0.1) is 0 Å². The molecule has 2 rings (SSSR count). The Balaban J connectivity index is 2.55. The van der Waals surface area contributed by atoms with Gasteiger partial charge in [0, 0.05) is 18.8 Å². The van der Waals surface area contributed by atoms with E-state index in [1.807, 2.05) is 32.3 Å². The largest absolute Gasteiger partial charge is 0.496 e. The predicted molar refractivity (Wildman–Crippen MR) is 74.8 cm³/mol. The topological polar surface area (TPSA) is 65.1 Å². The third-order valence-electron chi connectivity index (χ3n) is 3.20. The van der Waals surface area contributed by atoms with Gasteiger partial charge in [0.1, 0.15) is 5.75 Å².